The van der Waals surface area contributed by atoms with Gasteiger partial charge in [-0.25, -0.2) is 19.3 Å². The van der Waals surface area contributed by atoms with Crippen molar-refractivity contribution in [3.05, 3.63) is 39.7 Å². The quantitative estimate of drug-likeness (QED) is 0.217. The molecule has 45 heavy (non-hydrogen) atoms. The Hall–Kier alpha value is -3.00. The maximum atomic E-state index is 13.3. The van der Waals surface area contributed by atoms with Crippen LogP contribution in [-0.4, -0.2) is 113 Å². The summed E-state index contributed by atoms with van der Waals surface area (Å²) in [6.07, 6.45) is 3.90. The number of carboxylic acids is 1. The van der Waals surface area contributed by atoms with Crippen LogP contribution in [0.3, 0.4) is 0 Å². The number of carboxylic acid groups (broad SMARTS) is 1. The van der Waals surface area contributed by atoms with Crippen molar-refractivity contribution in [1.82, 2.24) is 35.9 Å². The average molecular weight is 709 g/mol. The van der Waals surface area contributed by atoms with E-state index in [0.29, 0.717) is 47.0 Å². The number of amides is 6. The highest BCUT2D eigenvalue weighted by molar-refractivity contribution is 8.20. The number of nitrogens with zero attached hydrogens (tertiary/aromatic N) is 5. The van der Waals surface area contributed by atoms with E-state index < -0.39 is 41.3 Å². The van der Waals surface area contributed by atoms with E-state index in [0.717, 1.165) is 25.8 Å². The summed E-state index contributed by atoms with van der Waals surface area (Å²) in [7, 11) is 0. The van der Waals surface area contributed by atoms with Crippen molar-refractivity contribution in [2.45, 2.75) is 40.2 Å². The molecule has 1 aromatic heterocycles. The SMILES string of the molecule is Cc1nnc(SCC2=C(C(=O)O)N3C(=O)C(NC(=O)CC4=C(NC(=O)N5CCNC5=O)C(=NC5SCCS5)CC=C4)[C@@H]3SC2)s1. The van der Waals surface area contributed by atoms with E-state index >= 15 is 0 Å². The van der Waals surface area contributed by atoms with E-state index in [4.69, 9.17) is 4.99 Å². The number of carbonyl (C=O) groups is 5. The number of allylic oxidation sites excluding steroid dienone is 3. The number of hydrogen-bond donors (Lipinski definition) is 4. The molecule has 6 amide bonds. The topological polar surface area (TPSA) is 186 Å². The van der Waals surface area contributed by atoms with Gasteiger partial charge in [-0.05, 0) is 18.1 Å². The zero-order chi connectivity index (χ0) is 31.7. The first-order valence-electron chi connectivity index (χ1n) is 13.9. The van der Waals surface area contributed by atoms with Crippen molar-refractivity contribution in [3.63, 3.8) is 0 Å². The minimum absolute atomic E-state index is 0.0346. The average Bonchev–Trinajstić information content (AvgIpc) is 3.78. The van der Waals surface area contributed by atoms with Crippen LogP contribution in [-0.2, 0) is 14.4 Å². The molecular weight excluding hydrogens is 681 g/mol. The van der Waals surface area contributed by atoms with Crippen LogP contribution in [0.4, 0.5) is 9.59 Å². The molecule has 3 saturated heterocycles. The minimum atomic E-state index is -1.20. The van der Waals surface area contributed by atoms with Gasteiger partial charge in [0.15, 0.2) is 4.34 Å². The summed E-state index contributed by atoms with van der Waals surface area (Å²) in [6.45, 7) is 2.41. The van der Waals surface area contributed by atoms with E-state index in [9.17, 15) is 29.1 Å². The van der Waals surface area contributed by atoms with Crippen molar-refractivity contribution in [1.29, 1.82) is 0 Å². The fraction of sp³-hybridized carbons (Fsp3) is 0.462. The Kier molecular flexibility index (Phi) is 9.79. The lowest BCUT2D eigenvalue weighted by atomic mass is 9.97. The smallest absolute Gasteiger partial charge is 0.352 e. The first-order valence-corrected chi connectivity index (χ1v) is 18.8. The van der Waals surface area contributed by atoms with Gasteiger partial charge >= 0.3 is 18.0 Å². The Labute approximate surface area is 278 Å². The van der Waals surface area contributed by atoms with Crippen molar-refractivity contribution in [3.8, 4) is 0 Å². The Bertz CT molecular complexity index is 1570. The lowest BCUT2D eigenvalue weighted by molar-refractivity contribution is -0.150. The molecule has 4 N–H and O–H groups in total. The van der Waals surface area contributed by atoms with E-state index in [1.165, 1.54) is 39.8 Å². The van der Waals surface area contributed by atoms with Crippen LogP contribution < -0.4 is 16.0 Å². The Morgan fingerprint density at radius 2 is 2.00 bits per heavy atom. The van der Waals surface area contributed by atoms with Crippen LogP contribution in [0.1, 0.15) is 17.8 Å². The molecule has 14 nitrogen and oxygen atoms in total. The summed E-state index contributed by atoms with van der Waals surface area (Å²) in [4.78, 5) is 71.1. The molecule has 1 aliphatic carbocycles. The molecular formula is C26H28N8O6S5. The predicted octanol–water partition coefficient (Wildman–Crippen LogP) is 2.22. The van der Waals surface area contributed by atoms with Crippen molar-refractivity contribution in [2.75, 3.05) is 36.1 Å². The molecule has 0 saturated carbocycles. The molecule has 0 radical (unpaired) electrons. The van der Waals surface area contributed by atoms with Crippen LogP contribution in [0.5, 0.6) is 0 Å². The lowest BCUT2D eigenvalue weighted by Crippen LogP contribution is -2.70. The summed E-state index contributed by atoms with van der Waals surface area (Å²) < 4.78 is 0.684. The highest BCUT2D eigenvalue weighted by atomic mass is 32.2. The number of aryl methyl sites for hydroxylation is 1. The number of imide groups is 1. The third-order valence-corrected chi connectivity index (χ3v) is 13.4. The van der Waals surface area contributed by atoms with Gasteiger partial charge in [0, 0.05) is 42.5 Å². The van der Waals surface area contributed by atoms with Crippen LogP contribution in [0.2, 0.25) is 0 Å². The highest BCUT2D eigenvalue weighted by Crippen LogP contribution is 2.42. The van der Waals surface area contributed by atoms with Gasteiger partial charge < -0.3 is 21.1 Å². The van der Waals surface area contributed by atoms with Crippen molar-refractivity contribution < 1.29 is 29.1 Å². The number of nitrogens with one attached hydrogen (secondary N) is 3. The molecule has 4 aliphatic heterocycles. The second kappa shape index (κ2) is 13.8. The second-order valence-corrected chi connectivity index (χ2v) is 16.4. The van der Waals surface area contributed by atoms with Gasteiger partial charge in [-0.3, -0.25) is 19.5 Å². The standard InChI is InChI=1S/C26H28N8O6S5/c1-12-31-32-26(45-12)44-11-14-10-43-21-18(20(36)34(21)19(14)22(37)38)29-16(35)9-13-3-2-4-15(28-25-41-7-8-42-25)17(13)30-24(40)33-6-5-27-23(33)39/h2-3,18,21,25H,4-11H2,1H3,(H,27,39)(H,29,35)(H,30,40)(H,37,38)/t18?,21-/m0/s1. The normalized spacial score (nSPS) is 24.2. The van der Waals surface area contributed by atoms with Crippen LogP contribution in [0.15, 0.2) is 44.0 Å². The number of urea groups is 2. The molecule has 5 heterocycles. The number of carbonyl (C=O) groups excluding carboxylic acids is 4. The van der Waals surface area contributed by atoms with Gasteiger partial charge in [0.25, 0.3) is 5.91 Å². The second-order valence-electron chi connectivity index (χ2n) is 10.2. The molecule has 0 spiro atoms. The van der Waals surface area contributed by atoms with E-state index in [2.05, 4.69) is 26.1 Å². The first kappa shape index (κ1) is 32.0. The maximum absolute atomic E-state index is 13.3. The number of aliphatic carboxylic acids is 1. The summed E-state index contributed by atoms with van der Waals surface area (Å²) in [5.74, 6) is 0.516. The molecule has 6 rings (SSSR count). The van der Waals surface area contributed by atoms with Gasteiger partial charge in [0.05, 0.1) is 17.8 Å². The maximum Gasteiger partial charge on any atom is 0.352 e. The summed E-state index contributed by atoms with van der Waals surface area (Å²) in [6, 6.07) is -2.00. The van der Waals surface area contributed by atoms with Gasteiger partial charge in [0.1, 0.15) is 26.8 Å². The number of β-lactam (4-membered cyclic amide) rings is 1. The Balaban J connectivity index is 1.16. The van der Waals surface area contributed by atoms with Gasteiger partial charge in [-0.15, -0.1) is 45.5 Å². The first-order chi connectivity index (χ1) is 21.7. The van der Waals surface area contributed by atoms with Crippen molar-refractivity contribution in [2.24, 2.45) is 4.99 Å². The fourth-order valence-corrected chi connectivity index (χ4v) is 11.0. The lowest BCUT2D eigenvalue weighted by Gasteiger charge is -2.49. The predicted molar refractivity (Wildman–Crippen MR) is 175 cm³/mol. The van der Waals surface area contributed by atoms with Crippen LogP contribution in [0.25, 0.3) is 0 Å². The molecule has 2 atom stereocenters. The number of aliphatic imine (C=N–C) groups is 1. The highest BCUT2D eigenvalue weighted by Gasteiger charge is 2.54. The van der Waals surface area contributed by atoms with E-state index in [-0.39, 0.29) is 23.4 Å². The zero-order valence-corrected chi connectivity index (χ0v) is 27.9. The monoisotopic (exact) mass is 708 g/mol. The summed E-state index contributed by atoms with van der Waals surface area (Å²) in [5.41, 5.74) is 2.04. The molecule has 3 fully saturated rings. The Morgan fingerprint density at radius 1 is 1.20 bits per heavy atom. The molecule has 238 valence electrons. The van der Waals surface area contributed by atoms with Gasteiger partial charge in [0.2, 0.25) is 5.91 Å². The molecule has 19 heteroatoms. The minimum Gasteiger partial charge on any atom is -0.477 e. The van der Waals surface area contributed by atoms with E-state index in [1.807, 2.05) is 13.0 Å². The number of aromatic nitrogens is 2. The van der Waals surface area contributed by atoms with Gasteiger partial charge in [-0.1, -0.05) is 35.3 Å². The molecule has 5 aliphatic rings. The third kappa shape index (κ3) is 6.91. The number of rotatable bonds is 9. The zero-order valence-electron chi connectivity index (χ0n) is 23.8. The molecule has 1 aromatic rings. The molecule has 1 unspecified atom stereocenters. The number of thioether (sulfide) groups is 4. The largest absolute Gasteiger partial charge is 0.477 e. The summed E-state index contributed by atoms with van der Waals surface area (Å²) >= 11 is 7.58. The number of hydrogen-bond acceptors (Lipinski definition) is 13. The molecule has 0 bridgehead atoms. The Morgan fingerprint density at radius 3 is 2.69 bits per heavy atom. The van der Waals surface area contributed by atoms with Crippen LogP contribution >= 0.6 is 58.4 Å². The number of fused-ring (bicyclic) bond motifs is 1. The van der Waals surface area contributed by atoms with Crippen molar-refractivity contribution >= 4 is 93.9 Å². The van der Waals surface area contributed by atoms with Crippen LogP contribution in [0, 0.1) is 6.92 Å². The fourth-order valence-electron chi connectivity index (χ4n) is 5.17. The molecule has 0 aromatic carbocycles. The third-order valence-electron chi connectivity index (χ3n) is 7.23. The van der Waals surface area contributed by atoms with E-state index in [1.54, 1.807) is 29.6 Å². The van der Waals surface area contributed by atoms with Gasteiger partial charge in [-0.2, -0.15) is 0 Å². The summed E-state index contributed by atoms with van der Waals surface area (Å²) in [5, 5.41) is 26.5.